The minimum atomic E-state index is 0.446. The van der Waals surface area contributed by atoms with Gasteiger partial charge >= 0.3 is 0 Å². The fourth-order valence-electron chi connectivity index (χ4n) is 1.93. The van der Waals surface area contributed by atoms with Gasteiger partial charge in [-0.25, -0.2) is 4.98 Å². The maximum Gasteiger partial charge on any atom is 0.236 e. The lowest BCUT2D eigenvalue weighted by molar-refractivity contribution is 0.918. The Morgan fingerprint density at radius 1 is 0.864 bits per heavy atom. The summed E-state index contributed by atoms with van der Waals surface area (Å²) in [5.74, 6) is 2.21. The zero-order chi connectivity index (χ0) is 15.7. The Balaban J connectivity index is 1.96. The molecule has 0 saturated carbocycles. The van der Waals surface area contributed by atoms with Crippen LogP contribution in [0.5, 0.6) is 0 Å². The van der Waals surface area contributed by atoms with Gasteiger partial charge in [-0.15, -0.1) is 0 Å². The molecule has 0 fully saturated rings. The molecular weight excluding hydrogens is 280 g/mol. The molecule has 22 heavy (non-hydrogen) atoms. The highest BCUT2D eigenvalue weighted by atomic mass is 15.3. The van der Waals surface area contributed by atoms with E-state index in [-0.39, 0.29) is 0 Å². The fraction of sp³-hybridized carbons (Fsp3) is 0.286. The van der Waals surface area contributed by atoms with Crippen molar-refractivity contribution in [3.8, 4) is 0 Å². The van der Waals surface area contributed by atoms with Gasteiger partial charge < -0.3 is 14.8 Å². The molecule has 2 aromatic heterocycles. The Hall–Kier alpha value is -2.90. The summed E-state index contributed by atoms with van der Waals surface area (Å²) < 4.78 is 0. The van der Waals surface area contributed by atoms with Crippen LogP contribution in [0.1, 0.15) is 0 Å². The van der Waals surface area contributed by atoms with Crippen molar-refractivity contribution in [2.24, 2.45) is 0 Å². The molecule has 0 bridgehead atoms. The second kappa shape index (κ2) is 5.47. The van der Waals surface area contributed by atoms with Gasteiger partial charge in [-0.3, -0.25) is 5.32 Å². The maximum absolute atomic E-state index is 4.46. The number of imidazole rings is 1. The Morgan fingerprint density at radius 3 is 2.09 bits per heavy atom. The summed E-state index contributed by atoms with van der Waals surface area (Å²) in [6.07, 6.45) is 0. The van der Waals surface area contributed by atoms with E-state index in [0.717, 1.165) is 11.0 Å². The maximum atomic E-state index is 4.46. The van der Waals surface area contributed by atoms with Crippen molar-refractivity contribution in [1.82, 2.24) is 24.9 Å². The first-order valence-electron chi connectivity index (χ1n) is 6.85. The van der Waals surface area contributed by atoms with Gasteiger partial charge in [0, 0.05) is 28.2 Å². The SMILES string of the molecule is CN(C)c1nc(Nc2nc3ccccc3[nH]2)nc(N(C)C)n1. The lowest BCUT2D eigenvalue weighted by Crippen LogP contribution is -2.19. The van der Waals surface area contributed by atoms with Crippen molar-refractivity contribution < 1.29 is 0 Å². The Bertz CT molecular complexity index is 733. The largest absolute Gasteiger partial charge is 0.347 e. The van der Waals surface area contributed by atoms with Crippen molar-refractivity contribution in [2.45, 2.75) is 0 Å². The number of rotatable bonds is 4. The molecule has 0 aliphatic carbocycles. The van der Waals surface area contributed by atoms with Crippen LogP contribution in [0.3, 0.4) is 0 Å². The molecule has 114 valence electrons. The van der Waals surface area contributed by atoms with E-state index in [1.165, 1.54) is 0 Å². The molecule has 0 unspecified atom stereocenters. The summed E-state index contributed by atoms with van der Waals surface area (Å²) in [5, 5.41) is 3.10. The average molecular weight is 298 g/mol. The first-order chi connectivity index (χ1) is 10.5. The van der Waals surface area contributed by atoms with E-state index in [1.807, 2.05) is 62.3 Å². The van der Waals surface area contributed by atoms with Crippen molar-refractivity contribution in [3.05, 3.63) is 24.3 Å². The summed E-state index contributed by atoms with van der Waals surface area (Å²) in [5.41, 5.74) is 1.85. The number of benzene rings is 1. The van der Waals surface area contributed by atoms with Gasteiger partial charge in [0.25, 0.3) is 0 Å². The van der Waals surface area contributed by atoms with E-state index in [0.29, 0.717) is 23.8 Å². The molecule has 3 rings (SSSR count). The lowest BCUT2D eigenvalue weighted by atomic mass is 10.3. The van der Waals surface area contributed by atoms with Crippen LogP contribution in [0.25, 0.3) is 11.0 Å². The molecular formula is C14H18N8. The molecule has 0 radical (unpaired) electrons. The zero-order valence-corrected chi connectivity index (χ0v) is 13.0. The molecule has 0 atom stereocenters. The first kappa shape index (κ1) is 14.1. The van der Waals surface area contributed by atoms with Gasteiger partial charge in [-0.2, -0.15) is 15.0 Å². The fourth-order valence-corrected chi connectivity index (χ4v) is 1.93. The van der Waals surface area contributed by atoms with Crippen molar-refractivity contribution >= 4 is 34.8 Å². The van der Waals surface area contributed by atoms with Crippen LogP contribution >= 0.6 is 0 Å². The molecule has 8 nitrogen and oxygen atoms in total. The quantitative estimate of drug-likeness (QED) is 0.757. The number of hydrogen-bond acceptors (Lipinski definition) is 7. The highest BCUT2D eigenvalue weighted by Crippen LogP contribution is 2.18. The minimum Gasteiger partial charge on any atom is -0.347 e. The topological polar surface area (TPSA) is 85.9 Å². The van der Waals surface area contributed by atoms with Crippen molar-refractivity contribution in [2.75, 3.05) is 43.3 Å². The molecule has 0 saturated heterocycles. The molecule has 0 amide bonds. The van der Waals surface area contributed by atoms with E-state index >= 15 is 0 Å². The number of nitrogens with zero attached hydrogens (tertiary/aromatic N) is 6. The summed E-state index contributed by atoms with van der Waals surface area (Å²) >= 11 is 0. The second-order valence-corrected chi connectivity index (χ2v) is 5.28. The van der Waals surface area contributed by atoms with E-state index < -0.39 is 0 Å². The van der Waals surface area contributed by atoms with Gasteiger partial charge in [-0.1, -0.05) is 12.1 Å². The van der Waals surface area contributed by atoms with E-state index in [2.05, 4.69) is 30.2 Å². The number of para-hydroxylation sites is 2. The number of H-pyrrole nitrogens is 1. The predicted octanol–water partition coefficient (Wildman–Crippen LogP) is 1.62. The highest BCUT2D eigenvalue weighted by molar-refractivity contribution is 5.77. The number of nitrogens with one attached hydrogen (secondary N) is 2. The molecule has 8 heteroatoms. The van der Waals surface area contributed by atoms with E-state index in [9.17, 15) is 0 Å². The van der Waals surface area contributed by atoms with Crippen molar-refractivity contribution in [3.63, 3.8) is 0 Å². The van der Waals surface area contributed by atoms with Crippen molar-refractivity contribution in [1.29, 1.82) is 0 Å². The molecule has 0 aliphatic rings. The molecule has 0 aliphatic heterocycles. The molecule has 1 aromatic carbocycles. The third-order valence-electron chi connectivity index (χ3n) is 3.03. The number of anilines is 4. The van der Waals surface area contributed by atoms with Crippen LogP contribution in [0, 0.1) is 0 Å². The van der Waals surface area contributed by atoms with Crippen LogP contribution < -0.4 is 15.1 Å². The smallest absolute Gasteiger partial charge is 0.236 e. The zero-order valence-electron chi connectivity index (χ0n) is 13.0. The highest BCUT2D eigenvalue weighted by Gasteiger charge is 2.11. The van der Waals surface area contributed by atoms with Gasteiger partial charge in [-0.05, 0) is 12.1 Å². The normalized spacial score (nSPS) is 10.7. The van der Waals surface area contributed by atoms with E-state index in [4.69, 9.17) is 0 Å². The van der Waals surface area contributed by atoms with E-state index in [1.54, 1.807) is 0 Å². The Labute approximate surface area is 128 Å². The van der Waals surface area contributed by atoms with Crippen LogP contribution in [0.2, 0.25) is 0 Å². The molecule has 2 heterocycles. The molecule has 2 N–H and O–H groups in total. The minimum absolute atomic E-state index is 0.446. The second-order valence-electron chi connectivity index (χ2n) is 5.28. The Kier molecular flexibility index (Phi) is 3.50. The molecule has 0 spiro atoms. The summed E-state index contributed by atoms with van der Waals surface area (Å²) in [6, 6.07) is 7.82. The Morgan fingerprint density at radius 2 is 1.50 bits per heavy atom. The third kappa shape index (κ3) is 2.76. The van der Waals surface area contributed by atoms with Gasteiger partial charge in [0.05, 0.1) is 11.0 Å². The van der Waals surface area contributed by atoms with Crippen LogP contribution in [0.4, 0.5) is 23.8 Å². The van der Waals surface area contributed by atoms with Gasteiger partial charge in [0.15, 0.2) is 0 Å². The number of aromatic nitrogens is 5. The van der Waals surface area contributed by atoms with Crippen LogP contribution in [-0.2, 0) is 0 Å². The average Bonchev–Trinajstić information content (AvgIpc) is 2.88. The number of fused-ring (bicyclic) bond motifs is 1. The predicted molar refractivity (Wildman–Crippen MR) is 87.9 cm³/mol. The molecule has 3 aromatic rings. The van der Waals surface area contributed by atoms with Gasteiger partial charge in [0.1, 0.15) is 0 Å². The monoisotopic (exact) mass is 298 g/mol. The van der Waals surface area contributed by atoms with Gasteiger partial charge in [0.2, 0.25) is 23.8 Å². The number of aromatic amines is 1. The number of hydrogen-bond donors (Lipinski definition) is 2. The van der Waals surface area contributed by atoms with Crippen LogP contribution in [0.15, 0.2) is 24.3 Å². The lowest BCUT2D eigenvalue weighted by Gasteiger charge is -2.16. The standard InChI is InChI=1S/C14H18N8/c1-21(2)13-18-12(19-14(20-13)22(3)4)17-11-15-9-7-5-6-8-10(9)16-11/h5-8H,1-4H3,(H2,15,16,17,18,19,20). The summed E-state index contributed by atoms with van der Waals surface area (Å²) in [6.45, 7) is 0. The first-order valence-corrected chi connectivity index (χ1v) is 6.85. The summed E-state index contributed by atoms with van der Waals surface area (Å²) in [7, 11) is 7.55. The summed E-state index contributed by atoms with van der Waals surface area (Å²) in [4.78, 5) is 24.5. The van der Waals surface area contributed by atoms with Crippen LogP contribution in [-0.4, -0.2) is 53.1 Å². The third-order valence-corrected chi connectivity index (χ3v) is 3.03.